The maximum atomic E-state index is 11.8. The molecule has 1 aromatic rings. The van der Waals surface area contributed by atoms with Crippen LogP contribution in [0.15, 0.2) is 22.7 Å². The maximum Gasteiger partial charge on any atom is 0.337 e. The molecule has 13 heavy (non-hydrogen) atoms. The average molecular weight is 249 g/mol. The van der Waals surface area contributed by atoms with Gasteiger partial charge in [-0.1, -0.05) is 0 Å². The minimum absolute atomic E-state index is 0.0210. The zero-order valence-corrected chi connectivity index (χ0v) is 8.30. The van der Waals surface area contributed by atoms with Crippen LogP contribution < -0.4 is 4.94 Å². The predicted octanol–water partition coefficient (Wildman–Crippen LogP) is 2.50. The first-order valence-corrected chi connectivity index (χ1v) is 4.14. The highest BCUT2D eigenvalue weighted by Gasteiger charge is 2.09. The molecule has 0 N–H and O–H groups in total. The largest absolute Gasteiger partial charge is 0.465 e. The Morgan fingerprint density at radius 1 is 1.54 bits per heavy atom. The Morgan fingerprint density at radius 3 is 2.69 bits per heavy atom. The van der Waals surface area contributed by atoms with Crippen LogP contribution in [0.5, 0.6) is 5.75 Å². The van der Waals surface area contributed by atoms with Crippen LogP contribution in [-0.4, -0.2) is 13.1 Å². The highest BCUT2D eigenvalue weighted by atomic mass is 79.9. The van der Waals surface area contributed by atoms with Crippen molar-refractivity contribution in [3.05, 3.63) is 28.2 Å². The predicted molar refractivity (Wildman–Crippen MR) is 47.2 cm³/mol. The molecular formula is C8H6BrFO3. The van der Waals surface area contributed by atoms with Crippen LogP contribution >= 0.6 is 15.9 Å². The summed E-state index contributed by atoms with van der Waals surface area (Å²) in [6, 6.07) is 4.16. The van der Waals surface area contributed by atoms with Crippen molar-refractivity contribution in [3.63, 3.8) is 0 Å². The van der Waals surface area contributed by atoms with Crippen molar-refractivity contribution in [1.82, 2.24) is 0 Å². The molecule has 70 valence electrons. The van der Waals surface area contributed by atoms with E-state index in [1.807, 2.05) is 0 Å². The maximum absolute atomic E-state index is 11.8. The Bertz CT molecular complexity index is 327. The summed E-state index contributed by atoms with van der Waals surface area (Å²) in [7, 11) is 1.27. The number of carbonyl (C=O) groups is 1. The molecule has 0 aliphatic rings. The van der Waals surface area contributed by atoms with Crippen LogP contribution in [0.4, 0.5) is 4.53 Å². The van der Waals surface area contributed by atoms with Crippen molar-refractivity contribution in [3.8, 4) is 5.75 Å². The number of rotatable bonds is 2. The third kappa shape index (κ3) is 2.18. The molecule has 1 rings (SSSR count). The molecule has 0 fully saturated rings. The monoisotopic (exact) mass is 248 g/mol. The zero-order chi connectivity index (χ0) is 9.84. The molecule has 1 aromatic carbocycles. The first kappa shape index (κ1) is 9.98. The topological polar surface area (TPSA) is 35.5 Å². The van der Waals surface area contributed by atoms with Gasteiger partial charge in [0.15, 0.2) is 5.75 Å². The molecule has 5 heteroatoms. The van der Waals surface area contributed by atoms with E-state index < -0.39 is 5.97 Å². The third-order valence-electron chi connectivity index (χ3n) is 1.44. The van der Waals surface area contributed by atoms with Gasteiger partial charge >= 0.3 is 5.97 Å². The summed E-state index contributed by atoms with van der Waals surface area (Å²) in [4.78, 5) is 14.5. The Balaban J connectivity index is 3.02. The summed E-state index contributed by atoms with van der Waals surface area (Å²) >= 11 is 3.03. The molecule has 0 saturated heterocycles. The van der Waals surface area contributed by atoms with E-state index in [1.165, 1.54) is 25.3 Å². The molecule has 0 radical (unpaired) electrons. The normalized spacial score (nSPS) is 9.46. The van der Waals surface area contributed by atoms with Crippen LogP contribution in [0.1, 0.15) is 10.4 Å². The van der Waals surface area contributed by atoms with Crippen LogP contribution in [0.3, 0.4) is 0 Å². The van der Waals surface area contributed by atoms with Crippen molar-refractivity contribution in [1.29, 1.82) is 0 Å². The van der Waals surface area contributed by atoms with Gasteiger partial charge in [0.25, 0.3) is 0 Å². The van der Waals surface area contributed by atoms with E-state index in [4.69, 9.17) is 0 Å². The van der Waals surface area contributed by atoms with Gasteiger partial charge in [-0.25, -0.2) is 4.79 Å². The van der Waals surface area contributed by atoms with E-state index in [1.54, 1.807) is 0 Å². The minimum Gasteiger partial charge on any atom is -0.465 e. The molecular weight excluding hydrogens is 243 g/mol. The van der Waals surface area contributed by atoms with Crippen molar-refractivity contribution >= 4 is 21.9 Å². The van der Waals surface area contributed by atoms with Crippen LogP contribution in [0.2, 0.25) is 0 Å². The fourth-order valence-electron chi connectivity index (χ4n) is 0.808. The molecule has 3 nitrogen and oxygen atoms in total. The van der Waals surface area contributed by atoms with E-state index in [0.29, 0.717) is 10.0 Å². The third-order valence-corrected chi connectivity index (χ3v) is 2.06. The molecule has 0 aliphatic carbocycles. The van der Waals surface area contributed by atoms with Crippen molar-refractivity contribution in [2.75, 3.05) is 7.11 Å². The number of benzene rings is 1. The Hall–Kier alpha value is -1.10. The van der Waals surface area contributed by atoms with Gasteiger partial charge in [0.1, 0.15) is 0 Å². The Kier molecular flexibility index (Phi) is 3.25. The van der Waals surface area contributed by atoms with Crippen molar-refractivity contribution in [2.45, 2.75) is 0 Å². The standard InChI is InChI=1S/C8H6BrFO3/c1-12-8(11)5-2-3-7(13-10)6(9)4-5/h2-4H,1H3. The number of hydrogen-bond donors (Lipinski definition) is 0. The fraction of sp³-hybridized carbons (Fsp3) is 0.125. The summed E-state index contributed by atoms with van der Waals surface area (Å²) in [5, 5.41) is 0. The smallest absolute Gasteiger partial charge is 0.337 e. The van der Waals surface area contributed by atoms with Gasteiger partial charge in [0.2, 0.25) is 0 Å². The lowest BCUT2D eigenvalue weighted by Gasteiger charge is -2.01. The summed E-state index contributed by atoms with van der Waals surface area (Å²) in [6.07, 6.45) is 0. The SMILES string of the molecule is COC(=O)c1ccc(OF)c(Br)c1. The van der Waals surface area contributed by atoms with E-state index in [-0.39, 0.29) is 5.75 Å². The molecule has 0 amide bonds. The van der Waals surface area contributed by atoms with Gasteiger partial charge in [-0.05, 0) is 34.1 Å². The molecule has 0 aromatic heterocycles. The van der Waals surface area contributed by atoms with Crippen molar-refractivity contribution < 1.29 is 19.0 Å². The summed E-state index contributed by atoms with van der Waals surface area (Å²) in [5.74, 6) is -0.459. The number of esters is 1. The zero-order valence-electron chi connectivity index (χ0n) is 6.71. The molecule has 0 aliphatic heterocycles. The molecule has 0 unspecified atom stereocenters. The first-order chi connectivity index (χ1) is 6.19. The van der Waals surface area contributed by atoms with Gasteiger partial charge < -0.3 is 4.74 Å². The van der Waals surface area contributed by atoms with Gasteiger partial charge in [-0.15, -0.1) is 0 Å². The highest BCUT2D eigenvalue weighted by molar-refractivity contribution is 9.10. The second-order valence-electron chi connectivity index (χ2n) is 2.21. The van der Waals surface area contributed by atoms with E-state index >= 15 is 0 Å². The summed E-state index contributed by atoms with van der Waals surface area (Å²) in [6.45, 7) is 0. The van der Waals surface area contributed by atoms with E-state index in [0.717, 1.165) is 0 Å². The number of ether oxygens (including phenoxy) is 1. The number of methoxy groups -OCH3 is 1. The van der Waals surface area contributed by atoms with E-state index in [2.05, 4.69) is 25.6 Å². The van der Waals surface area contributed by atoms with Crippen LogP contribution in [0, 0.1) is 0 Å². The number of halogens is 2. The lowest BCUT2D eigenvalue weighted by Crippen LogP contribution is -2.00. The molecule has 0 saturated carbocycles. The first-order valence-electron chi connectivity index (χ1n) is 3.35. The second kappa shape index (κ2) is 4.23. The summed E-state index contributed by atoms with van der Waals surface area (Å²) < 4.78 is 16.6. The molecule has 0 bridgehead atoms. The highest BCUT2D eigenvalue weighted by Crippen LogP contribution is 2.26. The lowest BCUT2D eigenvalue weighted by atomic mass is 10.2. The van der Waals surface area contributed by atoms with Gasteiger partial charge in [-0.2, -0.15) is 0 Å². The molecule has 0 heterocycles. The van der Waals surface area contributed by atoms with Gasteiger partial charge in [0.05, 0.1) is 17.1 Å². The number of hydrogen-bond acceptors (Lipinski definition) is 3. The minimum atomic E-state index is -0.480. The molecule has 0 spiro atoms. The fourth-order valence-corrected chi connectivity index (χ4v) is 1.25. The second-order valence-corrected chi connectivity index (χ2v) is 3.07. The van der Waals surface area contributed by atoms with Crippen LogP contribution in [0.25, 0.3) is 0 Å². The lowest BCUT2D eigenvalue weighted by molar-refractivity contribution is -0.00718. The Labute approximate surface area is 82.5 Å². The van der Waals surface area contributed by atoms with Gasteiger partial charge in [-0.3, -0.25) is 4.94 Å². The molecule has 0 atom stereocenters. The van der Waals surface area contributed by atoms with E-state index in [9.17, 15) is 9.32 Å². The average Bonchev–Trinajstić information content (AvgIpc) is 2.16. The van der Waals surface area contributed by atoms with Crippen molar-refractivity contribution in [2.24, 2.45) is 0 Å². The summed E-state index contributed by atoms with van der Waals surface area (Å²) in [5.41, 5.74) is 0.329. The van der Waals surface area contributed by atoms with Gasteiger partial charge in [0, 0.05) is 4.53 Å². The quantitative estimate of drug-likeness (QED) is 0.755. The Morgan fingerprint density at radius 2 is 2.23 bits per heavy atom. The van der Waals surface area contributed by atoms with Crippen LogP contribution in [-0.2, 0) is 4.74 Å². The number of carbonyl (C=O) groups excluding carboxylic acids is 1.